The molecule has 4 nitrogen and oxygen atoms in total. The van der Waals surface area contributed by atoms with Crippen molar-refractivity contribution in [2.45, 2.75) is 29.4 Å². The molecule has 0 bridgehead atoms. The second-order valence-corrected chi connectivity index (χ2v) is 8.37. The largest absolute Gasteiger partial charge is 0.367 e. The monoisotopic (exact) mass is 428 g/mol. The lowest BCUT2D eigenvalue weighted by Crippen LogP contribution is -2.35. The van der Waals surface area contributed by atoms with Gasteiger partial charge in [-0.2, -0.15) is 0 Å². The maximum atomic E-state index is 12.5. The third-order valence-electron chi connectivity index (χ3n) is 4.50. The van der Waals surface area contributed by atoms with Crippen molar-refractivity contribution in [2.75, 3.05) is 12.0 Å². The van der Waals surface area contributed by atoms with Crippen LogP contribution in [0.3, 0.4) is 0 Å². The third-order valence-corrected chi connectivity index (χ3v) is 7.23. The summed E-state index contributed by atoms with van der Waals surface area (Å²) in [4.78, 5) is 26.9. The Morgan fingerprint density at radius 2 is 1.55 bits per heavy atom. The van der Waals surface area contributed by atoms with E-state index in [2.05, 4.69) is 37.2 Å². The molecule has 1 N–H and O–H groups in total. The highest BCUT2D eigenvalue weighted by Gasteiger charge is 2.51. The number of likely N-dealkylation sites (tertiary alicyclic amines) is 1. The minimum absolute atomic E-state index is 0.0431. The summed E-state index contributed by atoms with van der Waals surface area (Å²) in [6.07, 6.45) is 1.43. The van der Waals surface area contributed by atoms with Gasteiger partial charge in [0.2, 0.25) is 11.8 Å². The van der Waals surface area contributed by atoms with Gasteiger partial charge in [-0.15, -0.1) is 0 Å². The molecule has 1 saturated heterocycles. The molecule has 2 amide bonds. The van der Waals surface area contributed by atoms with Crippen LogP contribution in [0.15, 0.2) is 24.3 Å². The van der Waals surface area contributed by atoms with Crippen LogP contribution in [0, 0.1) is 18.8 Å². The van der Waals surface area contributed by atoms with Crippen LogP contribution in [0.1, 0.15) is 18.4 Å². The van der Waals surface area contributed by atoms with Gasteiger partial charge in [0.25, 0.3) is 0 Å². The van der Waals surface area contributed by atoms with Crippen LogP contribution < -0.4 is 5.32 Å². The van der Waals surface area contributed by atoms with Crippen LogP contribution in [-0.4, -0.2) is 33.0 Å². The van der Waals surface area contributed by atoms with Crippen LogP contribution >= 0.6 is 31.9 Å². The van der Waals surface area contributed by atoms with Gasteiger partial charge in [-0.1, -0.05) is 49.6 Å². The van der Waals surface area contributed by atoms with Crippen LogP contribution in [0.5, 0.6) is 0 Å². The first kappa shape index (κ1) is 16.0. The second kappa shape index (κ2) is 6.32. The Kier molecular flexibility index (Phi) is 4.59. The van der Waals surface area contributed by atoms with Crippen LogP contribution in [0.25, 0.3) is 0 Å². The van der Waals surface area contributed by atoms with Gasteiger partial charge in [0, 0.05) is 15.3 Å². The number of hydrogen-bond donors (Lipinski definition) is 1. The van der Waals surface area contributed by atoms with E-state index in [0.717, 1.165) is 5.69 Å². The number of fused-ring (bicyclic) bond motifs is 1. The van der Waals surface area contributed by atoms with E-state index >= 15 is 0 Å². The first-order valence-electron chi connectivity index (χ1n) is 7.41. The Bertz CT molecular complexity index is 562. The van der Waals surface area contributed by atoms with Crippen molar-refractivity contribution in [3.63, 3.8) is 0 Å². The fraction of sp³-hybridized carbons (Fsp3) is 0.500. The predicted molar refractivity (Wildman–Crippen MR) is 93.2 cm³/mol. The summed E-state index contributed by atoms with van der Waals surface area (Å²) in [5, 5.41) is 3.17. The number of nitrogens with one attached hydrogen (secondary N) is 1. The number of amides is 2. The van der Waals surface area contributed by atoms with Gasteiger partial charge in [0.15, 0.2) is 0 Å². The van der Waals surface area contributed by atoms with Crippen LogP contribution in [0.2, 0.25) is 0 Å². The molecular weight excluding hydrogens is 412 g/mol. The SMILES string of the molecule is Cc1ccc(NCN2C(=O)[C@@H]3C[C@@H](Br)[C@@H](Br)C[C@H]3C2=O)cc1. The molecule has 1 saturated carbocycles. The summed E-state index contributed by atoms with van der Waals surface area (Å²) >= 11 is 7.19. The number of rotatable bonds is 3. The lowest BCUT2D eigenvalue weighted by Gasteiger charge is -2.29. The molecule has 0 aromatic heterocycles. The van der Waals surface area contributed by atoms with Gasteiger partial charge in [-0.25, -0.2) is 0 Å². The fourth-order valence-electron chi connectivity index (χ4n) is 3.16. The Hall–Kier alpha value is -0.880. The van der Waals surface area contributed by atoms with Gasteiger partial charge < -0.3 is 5.32 Å². The molecule has 0 radical (unpaired) electrons. The van der Waals surface area contributed by atoms with E-state index in [1.165, 1.54) is 10.5 Å². The van der Waals surface area contributed by atoms with Gasteiger partial charge in [-0.3, -0.25) is 14.5 Å². The number of anilines is 1. The molecule has 2 fully saturated rings. The predicted octanol–water partition coefficient (Wildman–Crippen LogP) is 3.29. The minimum Gasteiger partial charge on any atom is -0.367 e. The molecule has 3 rings (SSSR count). The van der Waals surface area contributed by atoms with Crippen molar-refractivity contribution >= 4 is 49.4 Å². The number of benzene rings is 1. The number of aryl methyl sites for hydroxylation is 1. The van der Waals surface area contributed by atoms with Crippen molar-refractivity contribution in [3.05, 3.63) is 29.8 Å². The summed E-state index contributed by atoms with van der Waals surface area (Å²) in [6.45, 7) is 2.27. The highest BCUT2D eigenvalue weighted by atomic mass is 79.9. The minimum atomic E-state index is -0.175. The summed E-state index contributed by atoms with van der Waals surface area (Å²) in [7, 11) is 0. The smallest absolute Gasteiger partial charge is 0.234 e. The Balaban J connectivity index is 1.68. The normalized spacial score (nSPS) is 31.3. The van der Waals surface area contributed by atoms with Crippen molar-refractivity contribution in [1.29, 1.82) is 0 Å². The Labute approximate surface area is 146 Å². The highest BCUT2D eigenvalue weighted by Crippen LogP contribution is 2.43. The van der Waals surface area contributed by atoms with Crippen LogP contribution in [-0.2, 0) is 9.59 Å². The standard InChI is InChI=1S/C16H18Br2N2O2/c1-9-2-4-10(5-3-9)19-8-20-15(21)11-6-13(17)14(18)7-12(11)16(20)22/h2-5,11-14,19H,6-8H2,1H3/t11-,12-,13-,14+/m1/s1. The molecule has 2 aliphatic rings. The van der Waals surface area contributed by atoms with Gasteiger partial charge >= 0.3 is 0 Å². The zero-order chi connectivity index (χ0) is 15.9. The van der Waals surface area contributed by atoms with E-state index < -0.39 is 0 Å². The average Bonchev–Trinajstić information content (AvgIpc) is 2.71. The van der Waals surface area contributed by atoms with Gasteiger partial charge in [0.05, 0.1) is 18.5 Å². The molecule has 1 aromatic rings. The van der Waals surface area contributed by atoms with Crippen LogP contribution in [0.4, 0.5) is 5.69 Å². The van der Waals surface area contributed by atoms with Gasteiger partial charge in [0.1, 0.15) is 0 Å². The fourth-order valence-corrected chi connectivity index (χ4v) is 4.40. The molecule has 0 spiro atoms. The zero-order valence-corrected chi connectivity index (χ0v) is 15.4. The number of nitrogens with zero attached hydrogens (tertiary/aromatic N) is 1. The lowest BCUT2D eigenvalue weighted by atomic mass is 9.81. The van der Waals surface area contributed by atoms with Crippen molar-refractivity contribution in [2.24, 2.45) is 11.8 Å². The topological polar surface area (TPSA) is 49.4 Å². The number of hydrogen-bond acceptors (Lipinski definition) is 3. The molecule has 4 atom stereocenters. The molecule has 6 heteroatoms. The molecule has 1 heterocycles. The first-order chi connectivity index (χ1) is 10.5. The molecule has 1 aliphatic carbocycles. The first-order valence-corrected chi connectivity index (χ1v) is 9.24. The van der Waals surface area contributed by atoms with E-state index in [0.29, 0.717) is 12.8 Å². The van der Waals surface area contributed by atoms with E-state index in [4.69, 9.17) is 0 Å². The number of alkyl halides is 2. The summed E-state index contributed by atoms with van der Waals surface area (Å²) in [5.74, 6) is -0.437. The molecule has 118 valence electrons. The number of imide groups is 1. The lowest BCUT2D eigenvalue weighted by molar-refractivity contribution is -0.139. The molecule has 1 aliphatic heterocycles. The summed E-state index contributed by atoms with van der Waals surface area (Å²) < 4.78 is 0. The van der Waals surface area contributed by atoms with E-state index in [9.17, 15) is 9.59 Å². The summed E-state index contributed by atoms with van der Waals surface area (Å²) in [5.41, 5.74) is 2.09. The number of halogens is 2. The Morgan fingerprint density at radius 3 is 2.05 bits per heavy atom. The van der Waals surface area contributed by atoms with Crippen molar-refractivity contribution < 1.29 is 9.59 Å². The molecule has 22 heavy (non-hydrogen) atoms. The summed E-state index contributed by atoms with van der Waals surface area (Å²) in [6, 6.07) is 7.91. The molecule has 0 unspecified atom stereocenters. The quantitative estimate of drug-likeness (QED) is 0.592. The molecular formula is C16H18Br2N2O2. The zero-order valence-electron chi connectivity index (χ0n) is 12.3. The van der Waals surface area contributed by atoms with Crippen molar-refractivity contribution in [3.8, 4) is 0 Å². The van der Waals surface area contributed by atoms with E-state index in [1.54, 1.807) is 0 Å². The van der Waals surface area contributed by atoms with E-state index in [1.807, 2.05) is 31.2 Å². The highest BCUT2D eigenvalue weighted by molar-refractivity contribution is 9.12. The maximum Gasteiger partial charge on any atom is 0.234 e. The average molecular weight is 430 g/mol. The third kappa shape index (κ3) is 2.95. The second-order valence-electron chi connectivity index (χ2n) is 6.02. The Morgan fingerprint density at radius 1 is 1.05 bits per heavy atom. The number of carbonyl (C=O) groups is 2. The maximum absolute atomic E-state index is 12.5. The van der Waals surface area contributed by atoms with E-state index in [-0.39, 0.29) is 40.0 Å². The molecule has 1 aromatic carbocycles. The van der Waals surface area contributed by atoms with Crippen molar-refractivity contribution in [1.82, 2.24) is 4.90 Å². The van der Waals surface area contributed by atoms with Gasteiger partial charge in [-0.05, 0) is 31.9 Å². The number of carbonyl (C=O) groups excluding carboxylic acids is 2.